The molecule has 0 unspecified atom stereocenters. The van der Waals surface area contributed by atoms with Gasteiger partial charge in [0, 0.05) is 24.4 Å². The Morgan fingerprint density at radius 1 is 1.16 bits per heavy atom. The first kappa shape index (κ1) is 18.4. The van der Waals surface area contributed by atoms with E-state index in [4.69, 9.17) is 5.73 Å². The molecular weight excluding hydrogens is 316 g/mol. The molecule has 0 bridgehead atoms. The third-order valence-corrected chi connectivity index (χ3v) is 3.91. The predicted molar refractivity (Wildman–Crippen MR) is 102 cm³/mol. The normalized spacial score (nSPS) is 11.3. The molecule has 0 heterocycles. The summed E-state index contributed by atoms with van der Waals surface area (Å²) in [5.74, 6) is 0.420. The number of guanidine groups is 1. The molecule has 0 fully saturated rings. The van der Waals surface area contributed by atoms with E-state index in [2.05, 4.69) is 29.4 Å². The molecule has 0 saturated carbocycles. The number of aliphatic imine (C=N–C) groups is 1. The summed E-state index contributed by atoms with van der Waals surface area (Å²) in [6.07, 6.45) is 3.73. The molecule has 2 aromatic rings. The number of non-ortho nitro benzene ring substituents is 1. The number of rotatable bonds is 8. The Bertz CT molecular complexity index is 726. The molecule has 0 aliphatic heterocycles. The van der Waals surface area contributed by atoms with E-state index in [9.17, 15) is 10.1 Å². The van der Waals surface area contributed by atoms with Gasteiger partial charge in [-0.25, -0.2) is 0 Å². The Balaban J connectivity index is 1.72. The molecule has 25 heavy (non-hydrogen) atoms. The van der Waals surface area contributed by atoms with Crippen molar-refractivity contribution in [1.82, 2.24) is 0 Å². The van der Waals surface area contributed by atoms with Gasteiger partial charge in [0.15, 0.2) is 5.96 Å². The van der Waals surface area contributed by atoms with E-state index in [1.165, 1.54) is 5.56 Å². The highest BCUT2D eigenvalue weighted by Crippen LogP contribution is 2.14. The van der Waals surface area contributed by atoms with Crippen molar-refractivity contribution in [2.24, 2.45) is 10.7 Å². The number of unbranched alkanes of at least 4 members (excludes halogenated alkanes) is 1. The van der Waals surface area contributed by atoms with Crippen molar-refractivity contribution in [3.05, 3.63) is 69.8 Å². The van der Waals surface area contributed by atoms with Crippen LogP contribution in [0.25, 0.3) is 0 Å². The Morgan fingerprint density at radius 2 is 1.92 bits per heavy atom. The van der Waals surface area contributed by atoms with Crippen molar-refractivity contribution < 1.29 is 4.92 Å². The van der Waals surface area contributed by atoms with Crippen LogP contribution in [-0.2, 0) is 12.8 Å². The summed E-state index contributed by atoms with van der Waals surface area (Å²) >= 11 is 0. The fourth-order valence-corrected chi connectivity index (χ4v) is 2.48. The summed E-state index contributed by atoms with van der Waals surface area (Å²) in [6, 6.07) is 14.8. The van der Waals surface area contributed by atoms with E-state index in [1.54, 1.807) is 24.3 Å². The molecule has 0 amide bonds. The molecule has 0 aliphatic carbocycles. The minimum Gasteiger partial charge on any atom is -0.370 e. The quantitative estimate of drug-likeness (QED) is 0.250. The Kier molecular flexibility index (Phi) is 6.95. The zero-order valence-corrected chi connectivity index (χ0v) is 14.4. The standard InChI is InChI=1S/C19H24N4O2/c1-2-15-7-5-8-17(14-15)22-19(20)21-13-4-3-6-16-9-11-18(12-10-16)23(24)25/h5,7-12,14H,2-4,6,13H2,1H3,(H3,20,21,22). The molecule has 0 aliphatic rings. The maximum atomic E-state index is 10.6. The third-order valence-electron chi connectivity index (χ3n) is 3.91. The van der Waals surface area contributed by atoms with Crippen molar-refractivity contribution >= 4 is 17.3 Å². The monoisotopic (exact) mass is 340 g/mol. The van der Waals surface area contributed by atoms with E-state index in [0.717, 1.165) is 36.9 Å². The van der Waals surface area contributed by atoms with Crippen LogP contribution in [0.15, 0.2) is 53.5 Å². The van der Waals surface area contributed by atoms with Crippen molar-refractivity contribution in [1.29, 1.82) is 0 Å². The molecule has 0 spiro atoms. The lowest BCUT2D eigenvalue weighted by Gasteiger charge is -2.07. The van der Waals surface area contributed by atoms with Gasteiger partial charge >= 0.3 is 0 Å². The van der Waals surface area contributed by atoms with E-state index in [-0.39, 0.29) is 10.6 Å². The Hall–Kier alpha value is -2.89. The second-order valence-electron chi connectivity index (χ2n) is 5.83. The summed E-state index contributed by atoms with van der Waals surface area (Å²) in [7, 11) is 0. The van der Waals surface area contributed by atoms with Gasteiger partial charge in [-0.05, 0) is 48.9 Å². The lowest BCUT2D eigenvalue weighted by atomic mass is 10.1. The fraction of sp³-hybridized carbons (Fsp3) is 0.316. The average Bonchev–Trinajstić information content (AvgIpc) is 2.62. The van der Waals surface area contributed by atoms with Crippen LogP contribution in [0.1, 0.15) is 30.9 Å². The van der Waals surface area contributed by atoms with Crippen LogP contribution in [0.3, 0.4) is 0 Å². The van der Waals surface area contributed by atoms with E-state index >= 15 is 0 Å². The molecule has 132 valence electrons. The van der Waals surface area contributed by atoms with E-state index in [1.807, 2.05) is 12.1 Å². The van der Waals surface area contributed by atoms with Gasteiger partial charge in [0.2, 0.25) is 0 Å². The van der Waals surface area contributed by atoms with Crippen LogP contribution >= 0.6 is 0 Å². The summed E-state index contributed by atoms with van der Waals surface area (Å²) in [6.45, 7) is 2.76. The summed E-state index contributed by atoms with van der Waals surface area (Å²) in [4.78, 5) is 14.6. The largest absolute Gasteiger partial charge is 0.370 e. The predicted octanol–water partition coefficient (Wildman–Crippen LogP) is 3.91. The number of hydrogen-bond acceptors (Lipinski definition) is 3. The number of nitro benzene ring substituents is 1. The van der Waals surface area contributed by atoms with Crippen molar-refractivity contribution in [3.8, 4) is 0 Å². The lowest BCUT2D eigenvalue weighted by Crippen LogP contribution is -2.22. The van der Waals surface area contributed by atoms with E-state index in [0.29, 0.717) is 12.5 Å². The van der Waals surface area contributed by atoms with Gasteiger partial charge < -0.3 is 11.1 Å². The van der Waals surface area contributed by atoms with Gasteiger partial charge in [-0.2, -0.15) is 0 Å². The number of aryl methyl sites for hydroxylation is 2. The zero-order valence-electron chi connectivity index (χ0n) is 14.4. The number of nitrogens with two attached hydrogens (primary N) is 1. The van der Waals surface area contributed by atoms with Crippen LogP contribution in [-0.4, -0.2) is 17.4 Å². The van der Waals surface area contributed by atoms with Crippen LogP contribution in [0.2, 0.25) is 0 Å². The maximum Gasteiger partial charge on any atom is 0.269 e. The van der Waals surface area contributed by atoms with Crippen LogP contribution < -0.4 is 11.1 Å². The van der Waals surface area contributed by atoms with Gasteiger partial charge in [-0.1, -0.05) is 31.2 Å². The van der Waals surface area contributed by atoms with Crippen molar-refractivity contribution in [2.75, 3.05) is 11.9 Å². The first-order valence-electron chi connectivity index (χ1n) is 8.47. The molecule has 0 saturated heterocycles. The maximum absolute atomic E-state index is 10.6. The number of hydrogen-bond donors (Lipinski definition) is 2. The van der Waals surface area contributed by atoms with Gasteiger partial charge in [0.25, 0.3) is 5.69 Å². The number of nitro groups is 1. The molecule has 0 aromatic heterocycles. The first-order chi connectivity index (χ1) is 12.1. The van der Waals surface area contributed by atoms with Gasteiger partial charge in [0.05, 0.1) is 4.92 Å². The molecular formula is C19H24N4O2. The molecule has 2 aromatic carbocycles. The highest BCUT2D eigenvalue weighted by molar-refractivity contribution is 5.92. The lowest BCUT2D eigenvalue weighted by molar-refractivity contribution is -0.384. The van der Waals surface area contributed by atoms with Crippen LogP contribution in [0.5, 0.6) is 0 Å². The minimum absolute atomic E-state index is 0.124. The molecule has 3 N–H and O–H groups in total. The first-order valence-corrected chi connectivity index (χ1v) is 8.47. The average molecular weight is 340 g/mol. The molecule has 6 heteroatoms. The number of nitrogens with one attached hydrogen (secondary N) is 1. The van der Waals surface area contributed by atoms with Crippen LogP contribution in [0, 0.1) is 10.1 Å². The summed E-state index contributed by atoms with van der Waals surface area (Å²) in [5.41, 5.74) is 9.33. The Morgan fingerprint density at radius 3 is 2.60 bits per heavy atom. The molecule has 2 rings (SSSR count). The highest BCUT2D eigenvalue weighted by Gasteiger charge is 2.03. The van der Waals surface area contributed by atoms with Crippen molar-refractivity contribution in [2.45, 2.75) is 32.6 Å². The SMILES string of the molecule is CCc1cccc(NC(N)=NCCCCc2ccc([N+](=O)[O-])cc2)c1. The second kappa shape index (κ2) is 9.42. The zero-order chi connectivity index (χ0) is 18.1. The highest BCUT2D eigenvalue weighted by atomic mass is 16.6. The smallest absolute Gasteiger partial charge is 0.269 e. The molecule has 6 nitrogen and oxygen atoms in total. The van der Waals surface area contributed by atoms with E-state index < -0.39 is 0 Å². The molecule has 0 radical (unpaired) electrons. The number of nitrogens with zero attached hydrogens (tertiary/aromatic N) is 2. The molecule has 0 atom stereocenters. The second-order valence-corrected chi connectivity index (χ2v) is 5.83. The summed E-state index contributed by atoms with van der Waals surface area (Å²) in [5, 5.41) is 13.7. The number of anilines is 1. The van der Waals surface area contributed by atoms with Crippen LogP contribution in [0.4, 0.5) is 11.4 Å². The fourth-order valence-electron chi connectivity index (χ4n) is 2.48. The Labute approximate surface area is 147 Å². The van der Waals surface area contributed by atoms with Gasteiger partial charge in [-0.3, -0.25) is 15.1 Å². The van der Waals surface area contributed by atoms with Gasteiger partial charge in [0.1, 0.15) is 0 Å². The van der Waals surface area contributed by atoms with Gasteiger partial charge in [-0.15, -0.1) is 0 Å². The topological polar surface area (TPSA) is 93.5 Å². The third kappa shape index (κ3) is 6.25. The summed E-state index contributed by atoms with van der Waals surface area (Å²) < 4.78 is 0. The van der Waals surface area contributed by atoms with Crippen molar-refractivity contribution in [3.63, 3.8) is 0 Å². The minimum atomic E-state index is -0.384. The number of benzene rings is 2.